The quantitative estimate of drug-likeness (QED) is 0.413. The predicted molar refractivity (Wildman–Crippen MR) is 106 cm³/mol. The first kappa shape index (κ1) is 15.2. The molecule has 0 aliphatic rings. The van der Waals surface area contributed by atoms with Gasteiger partial charge in [-0.3, -0.25) is 4.57 Å². The number of fused-ring (bicyclic) bond motifs is 3. The highest BCUT2D eigenvalue weighted by atomic mass is 35.5. The van der Waals surface area contributed by atoms with E-state index in [2.05, 4.69) is 46.1 Å². The monoisotopic (exact) mass is 358 g/mol. The third-order valence-electron chi connectivity index (χ3n) is 4.59. The fourth-order valence-corrected chi connectivity index (χ4v) is 3.61. The molecule has 2 heterocycles. The molecule has 26 heavy (non-hydrogen) atoms. The number of benzene rings is 3. The summed E-state index contributed by atoms with van der Waals surface area (Å²) < 4.78 is 3.83. The Kier molecular flexibility index (Phi) is 3.50. The zero-order valence-corrected chi connectivity index (χ0v) is 14.6. The van der Waals surface area contributed by atoms with Crippen LogP contribution in [0.1, 0.15) is 0 Å². The summed E-state index contributed by atoms with van der Waals surface area (Å²) in [6.07, 6.45) is 0. The maximum Gasteiger partial charge on any atom is 0.254 e. The highest BCUT2D eigenvalue weighted by molar-refractivity contribution is 6.15. The Balaban J connectivity index is 1.82. The molecule has 0 bridgehead atoms. The number of rotatable bonds is 3. The average molecular weight is 359 g/mol. The molecule has 0 N–H and O–H groups in total. The normalized spacial score (nSPS) is 11.4. The molecule has 0 atom stereocenters. The van der Waals surface area contributed by atoms with Crippen molar-refractivity contribution in [2.24, 2.45) is 0 Å². The summed E-state index contributed by atoms with van der Waals surface area (Å²) in [5.41, 5.74) is 3.16. The first-order valence-corrected chi connectivity index (χ1v) is 8.95. The van der Waals surface area contributed by atoms with Gasteiger partial charge in [0.15, 0.2) is 5.82 Å². The van der Waals surface area contributed by atoms with Crippen molar-refractivity contribution in [3.05, 3.63) is 78.9 Å². The van der Waals surface area contributed by atoms with Crippen LogP contribution in [0.25, 0.3) is 39.1 Å². The first-order chi connectivity index (χ1) is 12.9. The van der Waals surface area contributed by atoms with Crippen molar-refractivity contribution in [2.45, 2.75) is 6.00 Å². The number of hydrogen-bond acceptors (Lipinski definition) is 2. The van der Waals surface area contributed by atoms with E-state index in [-0.39, 0.29) is 6.00 Å². The zero-order chi connectivity index (χ0) is 17.5. The highest BCUT2D eigenvalue weighted by Gasteiger charge is 2.17. The molecule has 0 saturated heterocycles. The highest BCUT2D eigenvalue weighted by Crippen LogP contribution is 2.31. The number of aromatic nitrogens is 4. The molecular weight excluding hydrogens is 344 g/mol. The van der Waals surface area contributed by atoms with Crippen LogP contribution in [0.4, 0.5) is 0 Å². The van der Waals surface area contributed by atoms with E-state index >= 15 is 0 Å². The summed E-state index contributed by atoms with van der Waals surface area (Å²) in [6.45, 7) is 0. The van der Waals surface area contributed by atoms with Crippen LogP contribution < -0.4 is 0 Å². The Morgan fingerprint density at radius 3 is 1.92 bits per heavy atom. The number of hydrogen-bond donors (Lipinski definition) is 0. The van der Waals surface area contributed by atoms with Gasteiger partial charge in [0.05, 0.1) is 11.0 Å². The Labute approximate surface area is 155 Å². The second kappa shape index (κ2) is 6.00. The third kappa shape index (κ3) is 2.23. The summed E-state index contributed by atoms with van der Waals surface area (Å²) in [7, 11) is 0. The summed E-state index contributed by atoms with van der Waals surface area (Å²) in [5.74, 6) is 1.39. The van der Waals surface area contributed by atoms with E-state index in [1.54, 1.807) is 4.68 Å². The van der Waals surface area contributed by atoms with Crippen LogP contribution in [-0.4, -0.2) is 19.3 Å². The molecule has 3 aromatic carbocycles. The Morgan fingerprint density at radius 2 is 1.31 bits per heavy atom. The smallest absolute Gasteiger partial charge is 0.254 e. The molecule has 0 unspecified atom stereocenters. The SMILES string of the molecule is ClCn1nc(-n2c3ccccc3c3ccccc32)nc1-c1ccccc1. The van der Waals surface area contributed by atoms with Crippen LogP contribution in [-0.2, 0) is 6.00 Å². The van der Waals surface area contributed by atoms with Gasteiger partial charge in [-0.1, -0.05) is 66.7 Å². The van der Waals surface area contributed by atoms with Crippen LogP contribution in [0.2, 0.25) is 0 Å². The molecule has 5 aromatic rings. The molecule has 0 spiro atoms. The van der Waals surface area contributed by atoms with Gasteiger partial charge in [-0.25, -0.2) is 4.68 Å². The lowest BCUT2D eigenvalue weighted by Gasteiger charge is -2.01. The second-order valence-electron chi connectivity index (χ2n) is 6.09. The molecule has 5 heteroatoms. The maximum absolute atomic E-state index is 6.14. The van der Waals surface area contributed by atoms with Crippen LogP contribution in [0.5, 0.6) is 0 Å². The predicted octanol–water partition coefficient (Wildman–Crippen LogP) is 5.24. The van der Waals surface area contributed by atoms with Crippen LogP contribution in [0.3, 0.4) is 0 Å². The van der Waals surface area contributed by atoms with Crippen molar-refractivity contribution >= 4 is 33.4 Å². The molecule has 0 aliphatic carbocycles. The third-order valence-corrected chi connectivity index (χ3v) is 4.81. The first-order valence-electron chi connectivity index (χ1n) is 8.41. The van der Waals surface area contributed by atoms with Gasteiger partial charge in [-0.15, -0.1) is 16.7 Å². The molecule has 0 aliphatic heterocycles. The van der Waals surface area contributed by atoms with E-state index in [1.807, 2.05) is 42.5 Å². The van der Waals surface area contributed by atoms with E-state index in [0.29, 0.717) is 5.95 Å². The lowest BCUT2D eigenvalue weighted by molar-refractivity contribution is 0.742. The van der Waals surface area contributed by atoms with E-state index in [0.717, 1.165) is 22.4 Å². The van der Waals surface area contributed by atoms with E-state index in [1.165, 1.54) is 10.8 Å². The van der Waals surface area contributed by atoms with Crippen LogP contribution >= 0.6 is 11.6 Å². The van der Waals surface area contributed by atoms with Crippen molar-refractivity contribution in [2.75, 3.05) is 0 Å². The molecular formula is C21H15ClN4. The Bertz CT molecular complexity index is 1170. The lowest BCUT2D eigenvalue weighted by atomic mass is 10.2. The number of alkyl halides is 1. The molecule has 0 saturated carbocycles. The summed E-state index contributed by atoms with van der Waals surface area (Å²) in [4.78, 5) is 4.82. The lowest BCUT2D eigenvalue weighted by Crippen LogP contribution is -2.00. The topological polar surface area (TPSA) is 35.6 Å². The van der Waals surface area contributed by atoms with Gasteiger partial charge in [0.2, 0.25) is 0 Å². The molecule has 0 amide bonds. The van der Waals surface area contributed by atoms with Crippen LogP contribution in [0, 0.1) is 0 Å². The summed E-state index contributed by atoms with van der Waals surface area (Å²) >= 11 is 6.14. The van der Waals surface area contributed by atoms with Crippen molar-refractivity contribution in [3.8, 4) is 17.3 Å². The van der Waals surface area contributed by atoms with Gasteiger partial charge < -0.3 is 0 Å². The largest absolute Gasteiger partial charge is 0.277 e. The van der Waals surface area contributed by atoms with Crippen molar-refractivity contribution in [3.63, 3.8) is 0 Å². The summed E-state index contributed by atoms with van der Waals surface area (Å²) in [5, 5.41) is 7.06. The molecule has 5 rings (SSSR count). The van der Waals surface area contributed by atoms with Gasteiger partial charge in [0.25, 0.3) is 5.95 Å². The standard InChI is InChI=1S/C21H15ClN4/c22-14-25-20(15-8-2-1-3-9-15)23-21(24-25)26-18-12-6-4-10-16(18)17-11-5-7-13-19(17)26/h1-13H,14H2. The minimum absolute atomic E-state index is 0.244. The van der Waals surface area contributed by atoms with Gasteiger partial charge in [0.1, 0.15) is 6.00 Å². The van der Waals surface area contributed by atoms with Crippen molar-refractivity contribution < 1.29 is 0 Å². The van der Waals surface area contributed by atoms with Gasteiger partial charge in [0, 0.05) is 16.3 Å². The maximum atomic E-state index is 6.14. The summed E-state index contributed by atoms with van der Waals surface area (Å²) in [6, 6.07) is 26.9. The zero-order valence-electron chi connectivity index (χ0n) is 13.9. The van der Waals surface area contributed by atoms with E-state index in [9.17, 15) is 0 Å². The molecule has 0 fully saturated rings. The van der Waals surface area contributed by atoms with Gasteiger partial charge >= 0.3 is 0 Å². The van der Waals surface area contributed by atoms with Crippen LogP contribution in [0.15, 0.2) is 78.9 Å². The van der Waals surface area contributed by atoms with E-state index < -0.39 is 0 Å². The molecule has 2 aromatic heterocycles. The second-order valence-corrected chi connectivity index (χ2v) is 6.33. The fourth-order valence-electron chi connectivity index (χ4n) is 3.45. The average Bonchev–Trinajstić information content (AvgIpc) is 3.27. The molecule has 4 nitrogen and oxygen atoms in total. The number of para-hydroxylation sites is 2. The Hall–Kier alpha value is -3.11. The number of nitrogens with zero attached hydrogens (tertiary/aromatic N) is 4. The number of halogens is 1. The van der Waals surface area contributed by atoms with Gasteiger partial charge in [-0.2, -0.15) is 4.98 Å². The minimum atomic E-state index is 0.244. The van der Waals surface area contributed by atoms with Crippen molar-refractivity contribution in [1.82, 2.24) is 19.3 Å². The molecule has 0 radical (unpaired) electrons. The van der Waals surface area contributed by atoms with E-state index in [4.69, 9.17) is 16.6 Å². The minimum Gasteiger partial charge on any atom is -0.277 e. The fraction of sp³-hybridized carbons (Fsp3) is 0.0476. The Morgan fingerprint density at radius 1 is 0.731 bits per heavy atom. The molecule has 126 valence electrons. The van der Waals surface area contributed by atoms with Gasteiger partial charge in [-0.05, 0) is 12.1 Å². The van der Waals surface area contributed by atoms with Crippen molar-refractivity contribution in [1.29, 1.82) is 0 Å².